The topological polar surface area (TPSA) is 75.4 Å². The lowest BCUT2D eigenvalue weighted by molar-refractivity contribution is -0.114. The summed E-state index contributed by atoms with van der Waals surface area (Å²) in [5.41, 5.74) is 2.92. The second-order valence-corrected chi connectivity index (χ2v) is 6.52. The minimum absolute atomic E-state index is 0.0158. The van der Waals surface area contributed by atoms with Crippen LogP contribution in [0.1, 0.15) is 35.5 Å². The van der Waals surface area contributed by atoms with Gasteiger partial charge in [-0.3, -0.25) is 9.59 Å². The number of benzene rings is 2. The van der Waals surface area contributed by atoms with E-state index in [9.17, 15) is 9.59 Å². The maximum atomic E-state index is 12.7. The summed E-state index contributed by atoms with van der Waals surface area (Å²) >= 11 is 0. The van der Waals surface area contributed by atoms with Crippen molar-refractivity contribution in [2.45, 2.75) is 19.3 Å². The SMILES string of the molecule is CC(=O)Nc1ccc(C(=O)N2CCC(c3nc4ccccc4o3)C2)cc1. The van der Waals surface area contributed by atoms with E-state index in [1.165, 1.54) is 6.92 Å². The van der Waals surface area contributed by atoms with E-state index in [0.717, 1.165) is 17.5 Å². The molecule has 1 unspecified atom stereocenters. The molecule has 2 heterocycles. The van der Waals surface area contributed by atoms with E-state index < -0.39 is 0 Å². The van der Waals surface area contributed by atoms with E-state index >= 15 is 0 Å². The number of oxazole rings is 1. The fourth-order valence-corrected chi connectivity index (χ4v) is 3.29. The molecule has 4 rings (SSSR count). The fourth-order valence-electron chi connectivity index (χ4n) is 3.29. The highest BCUT2D eigenvalue weighted by atomic mass is 16.3. The molecule has 1 aromatic heterocycles. The molecule has 1 aliphatic rings. The van der Waals surface area contributed by atoms with Crippen LogP contribution in [0.4, 0.5) is 5.69 Å². The van der Waals surface area contributed by atoms with Crippen molar-refractivity contribution in [2.75, 3.05) is 18.4 Å². The molecule has 0 aliphatic carbocycles. The molecule has 132 valence electrons. The molecule has 2 aromatic carbocycles. The monoisotopic (exact) mass is 349 g/mol. The van der Waals surface area contributed by atoms with Crippen molar-refractivity contribution in [2.24, 2.45) is 0 Å². The second kappa shape index (κ2) is 6.63. The first-order valence-corrected chi connectivity index (χ1v) is 8.62. The Labute approximate surface area is 150 Å². The van der Waals surface area contributed by atoms with Gasteiger partial charge >= 0.3 is 0 Å². The van der Waals surface area contributed by atoms with Gasteiger partial charge in [0.1, 0.15) is 5.52 Å². The van der Waals surface area contributed by atoms with E-state index in [1.54, 1.807) is 24.3 Å². The first kappa shape index (κ1) is 16.3. The van der Waals surface area contributed by atoms with Crippen LogP contribution < -0.4 is 5.32 Å². The summed E-state index contributed by atoms with van der Waals surface area (Å²) in [6, 6.07) is 14.6. The highest BCUT2D eigenvalue weighted by Crippen LogP contribution is 2.30. The van der Waals surface area contributed by atoms with Crippen molar-refractivity contribution >= 4 is 28.6 Å². The van der Waals surface area contributed by atoms with Gasteiger partial charge in [0, 0.05) is 31.3 Å². The van der Waals surface area contributed by atoms with Gasteiger partial charge in [-0.1, -0.05) is 12.1 Å². The van der Waals surface area contributed by atoms with Gasteiger partial charge in [0.05, 0.1) is 5.92 Å². The molecule has 0 spiro atoms. The van der Waals surface area contributed by atoms with E-state index in [2.05, 4.69) is 10.3 Å². The molecule has 0 saturated carbocycles. The van der Waals surface area contributed by atoms with Crippen LogP contribution in [0, 0.1) is 0 Å². The zero-order chi connectivity index (χ0) is 18.1. The third-order valence-corrected chi connectivity index (χ3v) is 4.59. The fraction of sp³-hybridized carbons (Fsp3) is 0.250. The highest BCUT2D eigenvalue weighted by Gasteiger charge is 2.31. The average molecular weight is 349 g/mol. The largest absolute Gasteiger partial charge is 0.440 e. The van der Waals surface area contributed by atoms with E-state index in [0.29, 0.717) is 30.2 Å². The number of amides is 2. The van der Waals surface area contributed by atoms with Crippen LogP contribution in [-0.4, -0.2) is 34.8 Å². The summed E-state index contributed by atoms with van der Waals surface area (Å²) in [4.78, 5) is 30.2. The van der Waals surface area contributed by atoms with Crippen LogP contribution in [0.3, 0.4) is 0 Å². The minimum atomic E-state index is -0.134. The molecule has 1 N–H and O–H groups in total. The number of hydrogen-bond donors (Lipinski definition) is 1. The Morgan fingerprint density at radius 1 is 1.15 bits per heavy atom. The Bertz CT molecular complexity index is 929. The Morgan fingerprint density at radius 2 is 1.92 bits per heavy atom. The molecule has 0 bridgehead atoms. The summed E-state index contributed by atoms with van der Waals surface area (Å²) in [6.07, 6.45) is 0.836. The number of carbonyl (C=O) groups excluding carboxylic acids is 2. The van der Waals surface area contributed by atoms with Gasteiger partial charge in [-0.15, -0.1) is 0 Å². The summed E-state index contributed by atoms with van der Waals surface area (Å²) in [5, 5.41) is 2.70. The van der Waals surface area contributed by atoms with Crippen molar-refractivity contribution < 1.29 is 14.0 Å². The number of likely N-dealkylation sites (tertiary alicyclic amines) is 1. The van der Waals surface area contributed by atoms with Crippen LogP contribution in [-0.2, 0) is 4.79 Å². The number of nitrogens with zero attached hydrogens (tertiary/aromatic N) is 2. The number of anilines is 1. The summed E-state index contributed by atoms with van der Waals surface area (Å²) in [7, 11) is 0. The van der Waals surface area contributed by atoms with Gasteiger partial charge in [-0.25, -0.2) is 4.98 Å². The summed E-state index contributed by atoms with van der Waals surface area (Å²) in [6.45, 7) is 2.73. The summed E-state index contributed by atoms with van der Waals surface area (Å²) < 4.78 is 5.85. The third-order valence-electron chi connectivity index (χ3n) is 4.59. The van der Waals surface area contributed by atoms with E-state index in [1.807, 2.05) is 29.2 Å². The molecule has 2 amide bonds. The Morgan fingerprint density at radius 3 is 2.65 bits per heavy atom. The lowest BCUT2D eigenvalue weighted by Gasteiger charge is -2.16. The molecule has 1 fully saturated rings. The number of nitrogens with one attached hydrogen (secondary N) is 1. The number of rotatable bonds is 3. The molecular weight excluding hydrogens is 330 g/mol. The number of para-hydroxylation sites is 2. The molecule has 1 aliphatic heterocycles. The second-order valence-electron chi connectivity index (χ2n) is 6.52. The number of hydrogen-bond acceptors (Lipinski definition) is 4. The van der Waals surface area contributed by atoms with Crippen LogP contribution in [0.15, 0.2) is 52.9 Å². The third kappa shape index (κ3) is 3.18. The van der Waals surface area contributed by atoms with Crippen LogP contribution in [0.2, 0.25) is 0 Å². The Kier molecular flexibility index (Phi) is 4.16. The number of carbonyl (C=O) groups is 2. The maximum Gasteiger partial charge on any atom is 0.253 e. The van der Waals surface area contributed by atoms with Gasteiger partial charge in [0.2, 0.25) is 5.91 Å². The maximum absolute atomic E-state index is 12.7. The van der Waals surface area contributed by atoms with E-state index in [-0.39, 0.29) is 17.7 Å². The normalized spacial score (nSPS) is 16.8. The average Bonchev–Trinajstić information content (AvgIpc) is 3.28. The number of aromatic nitrogens is 1. The van der Waals surface area contributed by atoms with Crippen LogP contribution in [0.25, 0.3) is 11.1 Å². The Balaban J connectivity index is 1.46. The molecule has 3 aromatic rings. The van der Waals surface area contributed by atoms with Gasteiger partial charge in [-0.05, 0) is 42.8 Å². The van der Waals surface area contributed by atoms with Gasteiger partial charge < -0.3 is 14.6 Å². The van der Waals surface area contributed by atoms with Gasteiger partial charge in [0.15, 0.2) is 11.5 Å². The van der Waals surface area contributed by atoms with Crippen molar-refractivity contribution in [3.63, 3.8) is 0 Å². The molecule has 6 nitrogen and oxygen atoms in total. The van der Waals surface area contributed by atoms with Gasteiger partial charge in [0.25, 0.3) is 5.91 Å². The van der Waals surface area contributed by atoms with Crippen molar-refractivity contribution in [3.05, 3.63) is 60.0 Å². The standard InChI is InChI=1S/C20H19N3O3/c1-13(24)21-16-8-6-14(7-9-16)20(25)23-11-10-15(12-23)19-22-17-4-2-3-5-18(17)26-19/h2-9,15H,10-12H2,1H3,(H,21,24). The van der Waals surface area contributed by atoms with Crippen molar-refractivity contribution in [1.29, 1.82) is 0 Å². The van der Waals surface area contributed by atoms with E-state index in [4.69, 9.17) is 4.42 Å². The summed E-state index contributed by atoms with van der Waals surface area (Å²) in [5.74, 6) is 0.662. The highest BCUT2D eigenvalue weighted by molar-refractivity contribution is 5.95. The minimum Gasteiger partial charge on any atom is -0.440 e. The molecule has 26 heavy (non-hydrogen) atoms. The van der Waals surface area contributed by atoms with Crippen LogP contribution >= 0.6 is 0 Å². The zero-order valence-corrected chi connectivity index (χ0v) is 14.4. The van der Waals surface area contributed by atoms with Gasteiger partial charge in [-0.2, -0.15) is 0 Å². The predicted molar refractivity (Wildman–Crippen MR) is 98.0 cm³/mol. The van der Waals surface area contributed by atoms with Crippen molar-refractivity contribution in [3.8, 4) is 0 Å². The van der Waals surface area contributed by atoms with Crippen LogP contribution in [0.5, 0.6) is 0 Å². The lowest BCUT2D eigenvalue weighted by Crippen LogP contribution is -2.28. The Hall–Kier alpha value is -3.15. The lowest BCUT2D eigenvalue weighted by atomic mass is 10.1. The zero-order valence-electron chi connectivity index (χ0n) is 14.4. The molecule has 0 radical (unpaired) electrons. The quantitative estimate of drug-likeness (QED) is 0.786. The molecule has 1 saturated heterocycles. The van der Waals surface area contributed by atoms with Crippen molar-refractivity contribution in [1.82, 2.24) is 9.88 Å². The molecule has 1 atom stereocenters. The first-order chi connectivity index (χ1) is 12.6. The first-order valence-electron chi connectivity index (χ1n) is 8.62. The number of fused-ring (bicyclic) bond motifs is 1. The predicted octanol–water partition coefficient (Wildman–Crippen LogP) is 3.42. The molecule has 6 heteroatoms. The molecular formula is C20H19N3O3. The smallest absolute Gasteiger partial charge is 0.253 e.